The molecule has 0 bridgehead atoms. The van der Waals surface area contributed by atoms with E-state index in [9.17, 15) is 18.3 Å². The van der Waals surface area contributed by atoms with Gasteiger partial charge >= 0.3 is 18.1 Å². The molecular weight excluding hydrogens is 483 g/mol. The van der Waals surface area contributed by atoms with E-state index in [1.165, 1.54) is 12.1 Å². The van der Waals surface area contributed by atoms with Gasteiger partial charge in [-0.3, -0.25) is 4.90 Å². The van der Waals surface area contributed by atoms with Crippen molar-refractivity contribution in [3.63, 3.8) is 0 Å². The van der Waals surface area contributed by atoms with Gasteiger partial charge in [0.2, 0.25) is 0 Å². The van der Waals surface area contributed by atoms with Crippen molar-refractivity contribution in [1.82, 2.24) is 9.88 Å². The van der Waals surface area contributed by atoms with Crippen LogP contribution in [0.15, 0.2) is 54.7 Å². The molecule has 0 amide bonds. The highest BCUT2D eigenvalue weighted by atomic mass is 19.4. The summed E-state index contributed by atoms with van der Waals surface area (Å²) < 4.78 is 43.9. The van der Waals surface area contributed by atoms with E-state index in [2.05, 4.69) is 14.8 Å². The highest BCUT2D eigenvalue weighted by Gasteiger charge is 2.30. The molecule has 1 saturated heterocycles. The first-order chi connectivity index (χ1) is 17.0. The Morgan fingerprint density at radius 2 is 1.61 bits per heavy atom. The summed E-state index contributed by atoms with van der Waals surface area (Å²) in [5.41, 5.74) is 1.14. The molecule has 1 atom stereocenters. The molecule has 0 radical (unpaired) electrons. The summed E-state index contributed by atoms with van der Waals surface area (Å²) >= 11 is 0. The number of aliphatic hydroxyl groups excluding tert-OH is 1. The van der Waals surface area contributed by atoms with Gasteiger partial charge in [0, 0.05) is 55.5 Å². The molecule has 1 aromatic heterocycles. The van der Waals surface area contributed by atoms with Crippen molar-refractivity contribution in [3.8, 4) is 5.75 Å². The van der Waals surface area contributed by atoms with Crippen molar-refractivity contribution < 1.29 is 42.8 Å². The lowest BCUT2D eigenvalue weighted by atomic mass is 10.1. The number of halogens is 3. The number of H-pyrrole nitrogens is 1. The first-order valence-corrected chi connectivity index (χ1v) is 11.0. The third-order valence-electron chi connectivity index (χ3n) is 5.57. The number of fused-ring (bicyclic) bond motifs is 1. The number of hydrogen-bond acceptors (Lipinski definition) is 6. The van der Waals surface area contributed by atoms with E-state index in [1.54, 1.807) is 0 Å². The summed E-state index contributed by atoms with van der Waals surface area (Å²) in [5.74, 6) is -2.91. The molecule has 2 heterocycles. The Bertz CT molecular complexity index is 1150. The minimum atomic E-state index is -4.32. The number of aromatic nitrogens is 1. The molecule has 1 aliphatic heterocycles. The van der Waals surface area contributed by atoms with Gasteiger partial charge in [0.1, 0.15) is 18.5 Å². The standard InChI is InChI=1S/C22H24F3N3O2.C2H2O4/c23-22(24,25)16-4-6-17(7-5-16)28-12-10-27(11-13-28)14-18(29)15-30-21-3-1-2-20-19(21)8-9-26-20;3-1(4)2(5)6/h1-9,18,26,29H,10-15H2;(H,3,4)(H,5,6)/t18-;/m0./s1. The van der Waals surface area contributed by atoms with Gasteiger partial charge in [-0.05, 0) is 42.5 Å². The number of carbonyl (C=O) groups is 2. The highest BCUT2D eigenvalue weighted by molar-refractivity contribution is 6.27. The van der Waals surface area contributed by atoms with E-state index >= 15 is 0 Å². The normalized spacial score (nSPS) is 15.2. The molecule has 2 aromatic carbocycles. The number of benzene rings is 2. The molecule has 3 aromatic rings. The number of β-amino-alcohol motifs (C(OH)–C–C–N with tert-alkyl or cyclic N) is 1. The number of piperazine rings is 1. The number of aromatic amines is 1. The quantitative estimate of drug-likeness (QED) is 0.374. The van der Waals surface area contributed by atoms with Crippen LogP contribution in [-0.2, 0) is 15.8 Å². The lowest BCUT2D eigenvalue weighted by Gasteiger charge is -2.37. The molecule has 1 fully saturated rings. The number of aliphatic carboxylic acids is 2. The molecule has 1 aliphatic rings. The largest absolute Gasteiger partial charge is 0.490 e. The van der Waals surface area contributed by atoms with Crippen LogP contribution in [0.5, 0.6) is 5.75 Å². The fourth-order valence-corrected chi connectivity index (χ4v) is 3.77. The maximum absolute atomic E-state index is 12.7. The number of carboxylic acid groups (broad SMARTS) is 2. The molecule has 194 valence electrons. The number of alkyl halides is 3. The van der Waals surface area contributed by atoms with Crippen LogP contribution >= 0.6 is 0 Å². The first kappa shape index (κ1) is 26.8. The predicted molar refractivity (Wildman–Crippen MR) is 125 cm³/mol. The highest BCUT2D eigenvalue weighted by Crippen LogP contribution is 2.30. The summed E-state index contributed by atoms with van der Waals surface area (Å²) in [6.07, 6.45) is -3.09. The fourth-order valence-electron chi connectivity index (χ4n) is 3.77. The van der Waals surface area contributed by atoms with Crippen LogP contribution in [-0.4, -0.2) is 82.6 Å². The van der Waals surface area contributed by atoms with E-state index in [4.69, 9.17) is 24.5 Å². The number of hydrogen-bond donors (Lipinski definition) is 4. The molecule has 0 saturated carbocycles. The van der Waals surface area contributed by atoms with Crippen molar-refractivity contribution in [1.29, 1.82) is 0 Å². The maximum atomic E-state index is 12.7. The van der Waals surface area contributed by atoms with Crippen molar-refractivity contribution in [3.05, 3.63) is 60.3 Å². The Morgan fingerprint density at radius 1 is 0.972 bits per heavy atom. The number of carboxylic acids is 2. The maximum Gasteiger partial charge on any atom is 0.416 e. The number of anilines is 1. The Kier molecular flexibility index (Phi) is 8.78. The minimum absolute atomic E-state index is 0.198. The third kappa shape index (κ3) is 7.36. The van der Waals surface area contributed by atoms with Gasteiger partial charge in [-0.1, -0.05) is 6.07 Å². The van der Waals surface area contributed by atoms with E-state index in [1.807, 2.05) is 30.5 Å². The molecule has 9 nitrogen and oxygen atoms in total. The van der Waals surface area contributed by atoms with Crippen LogP contribution in [0.4, 0.5) is 18.9 Å². The molecule has 4 N–H and O–H groups in total. The Labute approximate surface area is 204 Å². The number of ether oxygens (including phenoxy) is 1. The SMILES string of the molecule is O=C(O)C(=O)O.O[C@H](COc1cccc2[nH]ccc12)CN1CCN(c2ccc(C(F)(F)F)cc2)CC1. The Morgan fingerprint density at radius 3 is 2.19 bits per heavy atom. The second kappa shape index (κ2) is 11.8. The van der Waals surface area contributed by atoms with Crippen molar-refractivity contribution in [2.24, 2.45) is 0 Å². The summed E-state index contributed by atoms with van der Waals surface area (Å²) in [6.45, 7) is 3.54. The van der Waals surface area contributed by atoms with Crippen molar-refractivity contribution in [2.75, 3.05) is 44.2 Å². The van der Waals surface area contributed by atoms with Crippen molar-refractivity contribution >= 4 is 28.5 Å². The molecule has 0 aliphatic carbocycles. The van der Waals surface area contributed by atoms with Gasteiger partial charge in [0.05, 0.1) is 5.56 Å². The van der Waals surface area contributed by atoms with Crippen LogP contribution < -0.4 is 9.64 Å². The summed E-state index contributed by atoms with van der Waals surface area (Å²) in [4.78, 5) is 25.5. The molecule has 36 heavy (non-hydrogen) atoms. The summed E-state index contributed by atoms with van der Waals surface area (Å²) in [5, 5.41) is 26.1. The number of nitrogens with one attached hydrogen (secondary N) is 1. The van der Waals surface area contributed by atoms with Crippen LogP contribution in [0, 0.1) is 0 Å². The lowest BCUT2D eigenvalue weighted by Crippen LogP contribution is -2.49. The monoisotopic (exact) mass is 509 g/mol. The lowest BCUT2D eigenvalue weighted by molar-refractivity contribution is -0.159. The van der Waals surface area contributed by atoms with Crippen LogP contribution in [0.1, 0.15) is 5.56 Å². The predicted octanol–water partition coefficient (Wildman–Crippen LogP) is 2.90. The second-order valence-corrected chi connectivity index (χ2v) is 8.10. The molecule has 0 unspecified atom stereocenters. The second-order valence-electron chi connectivity index (χ2n) is 8.10. The summed E-state index contributed by atoms with van der Waals surface area (Å²) in [7, 11) is 0. The summed E-state index contributed by atoms with van der Waals surface area (Å²) in [6, 6.07) is 13.0. The van der Waals surface area contributed by atoms with Gasteiger partial charge in [0.15, 0.2) is 0 Å². The fraction of sp³-hybridized carbons (Fsp3) is 0.333. The van der Waals surface area contributed by atoms with Gasteiger partial charge in [0.25, 0.3) is 0 Å². The third-order valence-corrected chi connectivity index (χ3v) is 5.57. The van der Waals surface area contributed by atoms with E-state index in [-0.39, 0.29) is 6.61 Å². The van der Waals surface area contributed by atoms with Gasteiger partial charge < -0.3 is 29.9 Å². The number of rotatable bonds is 6. The average Bonchev–Trinajstić information content (AvgIpc) is 3.33. The molecular formula is C24H26F3N3O6. The molecule has 12 heteroatoms. The van der Waals surface area contributed by atoms with E-state index in [0.717, 1.165) is 47.6 Å². The number of nitrogens with zero attached hydrogens (tertiary/aromatic N) is 2. The molecule has 0 spiro atoms. The van der Waals surface area contributed by atoms with E-state index < -0.39 is 29.8 Å². The zero-order chi connectivity index (χ0) is 26.3. The van der Waals surface area contributed by atoms with Gasteiger partial charge in [-0.25, -0.2) is 9.59 Å². The van der Waals surface area contributed by atoms with Crippen LogP contribution in [0.25, 0.3) is 10.9 Å². The zero-order valence-corrected chi connectivity index (χ0v) is 19.1. The van der Waals surface area contributed by atoms with Crippen molar-refractivity contribution in [2.45, 2.75) is 12.3 Å². The van der Waals surface area contributed by atoms with E-state index in [0.29, 0.717) is 19.6 Å². The smallest absolute Gasteiger partial charge is 0.416 e. The zero-order valence-electron chi connectivity index (χ0n) is 19.1. The Balaban J connectivity index is 0.000000538. The molecule has 4 rings (SSSR count). The van der Waals surface area contributed by atoms with Crippen LogP contribution in [0.2, 0.25) is 0 Å². The average molecular weight is 509 g/mol. The van der Waals surface area contributed by atoms with Crippen LogP contribution in [0.3, 0.4) is 0 Å². The number of aliphatic hydroxyl groups is 1. The van der Waals surface area contributed by atoms with Gasteiger partial charge in [-0.2, -0.15) is 13.2 Å². The minimum Gasteiger partial charge on any atom is -0.490 e. The first-order valence-electron chi connectivity index (χ1n) is 11.0. The Hall–Kier alpha value is -3.77. The van der Waals surface area contributed by atoms with Gasteiger partial charge in [-0.15, -0.1) is 0 Å². The topological polar surface area (TPSA) is 126 Å².